The van der Waals surface area contributed by atoms with Crippen molar-refractivity contribution in [1.82, 2.24) is 4.98 Å². The van der Waals surface area contributed by atoms with Crippen molar-refractivity contribution in [3.63, 3.8) is 0 Å². The molecule has 0 spiro atoms. The topological polar surface area (TPSA) is 52.0 Å². The van der Waals surface area contributed by atoms with E-state index in [1.165, 1.54) is 11.8 Å². The third kappa shape index (κ3) is 3.25. The monoisotopic (exact) mass is 288 g/mol. The Bertz CT molecular complexity index is 495. The van der Waals surface area contributed by atoms with Crippen LogP contribution in [0.4, 0.5) is 0 Å². The number of halogens is 1. The lowest BCUT2D eigenvalue weighted by Crippen LogP contribution is -2.21. The number of aryl methyl sites for hydroxylation is 1. The number of hydrogen-bond acceptors (Lipinski definition) is 5. The van der Waals surface area contributed by atoms with E-state index in [2.05, 4.69) is 4.98 Å². The van der Waals surface area contributed by atoms with Crippen molar-refractivity contribution in [1.29, 1.82) is 0 Å². The van der Waals surface area contributed by atoms with E-state index in [-0.39, 0.29) is 11.3 Å². The van der Waals surface area contributed by atoms with Crippen LogP contribution in [0.15, 0.2) is 28.0 Å². The van der Waals surface area contributed by atoms with E-state index in [1.54, 1.807) is 17.6 Å². The van der Waals surface area contributed by atoms with E-state index < -0.39 is 0 Å². The molecule has 0 radical (unpaired) electrons. The molecular weight excluding hydrogens is 276 g/mol. The van der Waals surface area contributed by atoms with Gasteiger partial charge in [-0.1, -0.05) is 23.4 Å². The highest BCUT2D eigenvalue weighted by atomic mass is 35.5. The van der Waals surface area contributed by atoms with E-state index in [9.17, 15) is 0 Å². The van der Waals surface area contributed by atoms with Crippen molar-refractivity contribution >= 4 is 34.7 Å². The summed E-state index contributed by atoms with van der Waals surface area (Å²) in [7, 11) is 0. The molecule has 2 rings (SSSR count). The molecule has 0 aliphatic carbocycles. The molecule has 0 aromatic carbocycles. The highest BCUT2D eigenvalue weighted by Crippen LogP contribution is 2.40. The molecule has 0 saturated carbocycles. The van der Waals surface area contributed by atoms with E-state index in [1.807, 2.05) is 26.0 Å². The number of rotatable bonds is 4. The van der Waals surface area contributed by atoms with Crippen molar-refractivity contribution in [2.45, 2.75) is 30.4 Å². The fourth-order valence-electron chi connectivity index (χ4n) is 1.40. The molecule has 0 aliphatic heterocycles. The molecule has 2 atom stereocenters. The first-order valence-corrected chi connectivity index (χ1v) is 7.23. The van der Waals surface area contributed by atoms with Crippen molar-refractivity contribution in [2.75, 3.05) is 0 Å². The minimum atomic E-state index is 0.00178. The summed E-state index contributed by atoms with van der Waals surface area (Å²) in [6, 6.07) is 3.89. The van der Waals surface area contributed by atoms with Gasteiger partial charge in [-0.15, -0.1) is 11.3 Å². The third-order valence-electron chi connectivity index (χ3n) is 2.18. The molecule has 17 heavy (non-hydrogen) atoms. The van der Waals surface area contributed by atoms with E-state index >= 15 is 0 Å². The van der Waals surface area contributed by atoms with Crippen molar-refractivity contribution in [2.24, 2.45) is 5.73 Å². The fraction of sp³-hybridized carbons (Fsp3) is 0.364. The predicted octanol–water partition coefficient (Wildman–Crippen LogP) is 3.88. The molecule has 0 bridgehead atoms. The minimum Gasteiger partial charge on any atom is -0.440 e. The zero-order valence-electron chi connectivity index (χ0n) is 9.51. The molecule has 0 aliphatic rings. The zero-order chi connectivity index (χ0) is 12.4. The molecule has 6 heteroatoms. The van der Waals surface area contributed by atoms with Crippen molar-refractivity contribution in [3.8, 4) is 0 Å². The second kappa shape index (κ2) is 5.44. The van der Waals surface area contributed by atoms with Crippen LogP contribution in [0.25, 0.3) is 0 Å². The fourth-order valence-corrected chi connectivity index (χ4v) is 3.77. The van der Waals surface area contributed by atoms with Gasteiger partial charge in [0.15, 0.2) is 0 Å². The van der Waals surface area contributed by atoms with E-state index in [4.69, 9.17) is 21.8 Å². The lowest BCUT2D eigenvalue weighted by molar-refractivity contribution is 0.452. The third-order valence-corrected chi connectivity index (χ3v) is 4.97. The molecule has 0 saturated heterocycles. The largest absolute Gasteiger partial charge is 0.440 e. The number of nitrogens with zero attached hydrogens (tertiary/aromatic N) is 1. The van der Waals surface area contributed by atoms with Gasteiger partial charge in [-0.25, -0.2) is 4.98 Å². The van der Waals surface area contributed by atoms with Crippen LogP contribution in [-0.4, -0.2) is 11.0 Å². The maximum absolute atomic E-state index is 6.01. The Kier molecular flexibility index (Phi) is 4.14. The molecule has 3 nitrogen and oxygen atoms in total. The molecule has 2 heterocycles. The van der Waals surface area contributed by atoms with Crippen LogP contribution in [0.2, 0.25) is 4.34 Å². The molecular formula is C11H13ClN2OS2. The molecule has 2 aromatic heterocycles. The first-order valence-electron chi connectivity index (χ1n) is 5.16. The van der Waals surface area contributed by atoms with Crippen LogP contribution in [0.3, 0.4) is 0 Å². The average Bonchev–Trinajstić information content (AvgIpc) is 2.83. The maximum atomic E-state index is 6.01. The van der Waals surface area contributed by atoms with Gasteiger partial charge in [0.05, 0.1) is 15.3 Å². The first-order chi connectivity index (χ1) is 8.06. The minimum absolute atomic E-state index is 0.00178. The SMILES string of the molecule is Cc1coc(SC(c2ccc(Cl)s2)C(C)N)n1. The quantitative estimate of drug-likeness (QED) is 0.868. The van der Waals surface area contributed by atoms with Gasteiger partial charge in [0, 0.05) is 10.9 Å². The Morgan fingerprint density at radius 2 is 2.29 bits per heavy atom. The highest BCUT2D eigenvalue weighted by Gasteiger charge is 2.21. The lowest BCUT2D eigenvalue weighted by Gasteiger charge is -2.16. The lowest BCUT2D eigenvalue weighted by atomic mass is 10.2. The Labute approximate surface area is 113 Å². The van der Waals surface area contributed by atoms with Gasteiger partial charge < -0.3 is 10.2 Å². The van der Waals surface area contributed by atoms with Crippen LogP contribution >= 0.6 is 34.7 Å². The average molecular weight is 289 g/mol. The van der Waals surface area contributed by atoms with Crippen LogP contribution in [0.5, 0.6) is 0 Å². The zero-order valence-corrected chi connectivity index (χ0v) is 11.9. The summed E-state index contributed by atoms with van der Waals surface area (Å²) >= 11 is 9.02. The standard InChI is InChI=1S/C11H13ClN2OS2/c1-6-5-15-11(14-6)17-10(7(2)13)8-3-4-9(12)16-8/h3-5,7,10H,13H2,1-2H3. The summed E-state index contributed by atoms with van der Waals surface area (Å²) in [5, 5.41) is 0.764. The van der Waals surface area contributed by atoms with Crippen LogP contribution in [0.1, 0.15) is 22.7 Å². The number of oxazole rings is 1. The van der Waals surface area contributed by atoms with E-state index in [0.717, 1.165) is 14.9 Å². The second-order valence-electron chi connectivity index (χ2n) is 3.79. The van der Waals surface area contributed by atoms with Crippen LogP contribution in [0, 0.1) is 6.92 Å². The van der Waals surface area contributed by atoms with Crippen LogP contribution < -0.4 is 5.73 Å². The second-order valence-corrected chi connectivity index (χ2v) is 6.63. The maximum Gasteiger partial charge on any atom is 0.256 e. The molecule has 0 fully saturated rings. The smallest absolute Gasteiger partial charge is 0.256 e. The van der Waals surface area contributed by atoms with Crippen LogP contribution in [-0.2, 0) is 0 Å². The highest BCUT2D eigenvalue weighted by molar-refractivity contribution is 7.99. The first kappa shape index (κ1) is 13.0. The predicted molar refractivity (Wildman–Crippen MR) is 72.8 cm³/mol. The number of hydrogen-bond donors (Lipinski definition) is 1. The summed E-state index contributed by atoms with van der Waals surface area (Å²) in [6.45, 7) is 3.87. The molecule has 2 N–H and O–H groups in total. The number of thiophene rings is 1. The Hall–Kier alpha value is -0.490. The molecule has 92 valence electrons. The number of thioether (sulfide) groups is 1. The van der Waals surface area contributed by atoms with Gasteiger partial charge in [-0.3, -0.25) is 0 Å². The summed E-state index contributed by atoms with van der Waals surface area (Å²) in [4.78, 5) is 5.42. The summed E-state index contributed by atoms with van der Waals surface area (Å²) < 4.78 is 6.11. The normalized spacial score (nSPS) is 14.8. The van der Waals surface area contributed by atoms with Gasteiger partial charge in [0.25, 0.3) is 5.22 Å². The summed E-state index contributed by atoms with van der Waals surface area (Å²) in [5.41, 5.74) is 6.88. The van der Waals surface area contributed by atoms with E-state index in [0.29, 0.717) is 5.22 Å². The summed E-state index contributed by atoms with van der Waals surface area (Å²) in [5.74, 6) is 0. The molecule has 2 aromatic rings. The summed E-state index contributed by atoms with van der Waals surface area (Å²) in [6.07, 6.45) is 1.64. The Morgan fingerprint density at radius 3 is 2.76 bits per heavy atom. The van der Waals surface area contributed by atoms with Gasteiger partial charge in [0.2, 0.25) is 0 Å². The van der Waals surface area contributed by atoms with Crippen molar-refractivity contribution in [3.05, 3.63) is 33.3 Å². The number of aromatic nitrogens is 1. The van der Waals surface area contributed by atoms with Gasteiger partial charge in [0.1, 0.15) is 6.26 Å². The molecule has 0 amide bonds. The van der Waals surface area contributed by atoms with Gasteiger partial charge >= 0.3 is 0 Å². The van der Waals surface area contributed by atoms with Crippen molar-refractivity contribution < 1.29 is 4.42 Å². The Morgan fingerprint density at radius 1 is 1.53 bits per heavy atom. The van der Waals surface area contributed by atoms with Gasteiger partial charge in [-0.2, -0.15) is 0 Å². The number of nitrogens with two attached hydrogens (primary N) is 1. The Balaban J connectivity index is 2.18. The van der Waals surface area contributed by atoms with Gasteiger partial charge in [-0.05, 0) is 26.0 Å². The molecule has 2 unspecified atom stereocenters.